The first-order chi connectivity index (χ1) is 32.5. The summed E-state index contributed by atoms with van der Waals surface area (Å²) in [4.78, 5) is 5.38. The highest BCUT2D eigenvalue weighted by Crippen LogP contribution is 2.68. The molecule has 2 fully saturated rings. The Morgan fingerprint density at radius 3 is 1.15 bits per heavy atom. The monoisotopic (exact) mass is 866 g/mol. The Morgan fingerprint density at radius 2 is 0.716 bits per heavy atom. The van der Waals surface area contributed by atoms with Crippen molar-refractivity contribution in [2.45, 2.75) is 95.6 Å². The molecule has 2 nitrogen and oxygen atoms in total. The summed E-state index contributed by atoms with van der Waals surface area (Å²) in [5.74, 6) is 0.924. The van der Waals surface area contributed by atoms with Crippen molar-refractivity contribution in [3.63, 3.8) is 0 Å². The van der Waals surface area contributed by atoms with Crippen LogP contribution in [0.15, 0.2) is 182 Å². The predicted octanol–water partition coefficient (Wildman–Crippen LogP) is 17.0. The summed E-state index contributed by atoms with van der Waals surface area (Å²) >= 11 is 0. The van der Waals surface area contributed by atoms with Crippen LogP contribution in [0.25, 0.3) is 44.5 Å². The maximum absolute atomic E-state index is 2.69. The summed E-state index contributed by atoms with van der Waals surface area (Å²) in [6.07, 6.45) is 4.85. The molecule has 2 heteroatoms. The second kappa shape index (κ2) is 13.3. The molecule has 328 valence electrons. The molecule has 0 aromatic heterocycles. The quantitative estimate of drug-likeness (QED) is 0.174. The molecule has 2 aliphatic heterocycles. The molecule has 8 aromatic carbocycles. The molecular weight excluding hydrogens is 809 g/mol. The number of para-hydroxylation sites is 2. The van der Waals surface area contributed by atoms with Crippen LogP contribution < -0.4 is 9.80 Å². The van der Waals surface area contributed by atoms with Gasteiger partial charge in [-0.3, -0.25) is 0 Å². The number of fused-ring (bicyclic) bond motifs is 16. The van der Waals surface area contributed by atoms with E-state index in [1.807, 2.05) is 0 Å². The van der Waals surface area contributed by atoms with E-state index in [0.717, 1.165) is 0 Å². The lowest BCUT2D eigenvalue weighted by Crippen LogP contribution is -2.50. The SMILES string of the molecule is CC1(C)CCC2c3cc(-c4ccc5c(c4)C4(c6ccccc6-c6ccccc64)c4cc(-c6ccc7c(c6)C6CCC(C)(C)C6(C)N7c6ccccc6)ccc4-5)ccc3N(c3ccccc3)C21C. The maximum atomic E-state index is 2.69. The molecule has 0 bridgehead atoms. The van der Waals surface area contributed by atoms with Gasteiger partial charge in [0.1, 0.15) is 0 Å². The van der Waals surface area contributed by atoms with Gasteiger partial charge in [-0.15, -0.1) is 0 Å². The number of hydrogen-bond acceptors (Lipinski definition) is 2. The van der Waals surface area contributed by atoms with Crippen molar-refractivity contribution in [3.05, 3.63) is 215 Å². The van der Waals surface area contributed by atoms with Gasteiger partial charge in [0, 0.05) is 34.6 Å². The van der Waals surface area contributed by atoms with Gasteiger partial charge in [0.25, 0.3) is 0 Å². The molecule has 0 N–H and O–H groups in total. The van der Waals surface area contributed by atoms with E-state index in [2.05, 4.69) is 233 Å². The van der Waals surface area contributed by atoms with Crippen molar-refractivity contribution >= 4 is 22.7 Å². The number of hydrogen-bond donors (Lipinski definition) is 0. The van der Waals surface area contributed by atoms with E-state index in [0.29, 0.717) is 11.8 Å². The van der Waals surface area contributed by atoms with E-state index in [9.17, 15) is 0 Å². The van der Waals surface area contributed by atoms with Crippen LogP contribution in [-0.4, -0.2) is 11.1 Å². The largest absolute Gasteiger partial charge is 0.334 e. The van der Waals surface area contributed by atoms with E-state index in [-0.39, 0.29) is 21.9 Å². The van der Waals surface area contributed by atoms with Crippen LogP contribution in [0.3, 0.4) is 0 Å². The highest BCUT2D eigenvalue weighted by molar-refractivity contribution is 5.97. The van der Waals surface area contributed by atoms with Gasteiger partial charge in [-0.05, 0) is 189 Å². The van der Waals surface area contributed by atoms with Gasteiger partial charge in [0.2, 0.25) is 0 Å². The Labute approximate surface area is 397 Å². The molecule has 8 aromatic rings. The fourth-order valence-corrected chi connectivity index (χ4v) is 15.3. The van der Waals surface area contributed by atoms with Crippen LogP contribution in [0, 0.1) is 10.8 Å². The highest BCUT2D eigenvalue weighted by Gasteiger charge is 2.62. The molecule has 6 aliphatic rings. The molecule has 2 heterocycles. The second-order valence-corrected chi connectivity index (χ2v) is 22.5. The standard InChI is InChI=1S/C65H58N2/c1-61(2)35-33-53-51-37-41(27-31-59(51)66(63(53,61)5)45-17-9-7-10-18-45)43-25-29-49-50-30-26-44(40-58(50)65(57(49)39-43)55-23-15-13-21-47(55)48-22-14-16-24-56(48)65)42-28-32-60-52(38-42)54-34-36-62(3,4)64(54,6)67(60)46-19-11-8-12-20-46/h7-32,37-40,53-54H,33-36H2,1-6H3. The molecule has 67 heavy (non-hydrogen) atoms. The molecule has 0 radical (unpaired) electrons. The molecule has 4 unspecified atom stereocenters. The Bertz CT molecular complexity index is 3150. The highest BCUT2D eigenvalue weighted by atomic mass is 15.3. The lowest BCUT2D eigenvalue weighted by molar-refractivity contribution is 0.222. The van der Waals surface area contributed by atoms with Gasteiger partial charge in [-0.2, -0.15) is 0 Å². The van der Waals surface area contributed by atoms with E-state index in [1.54, 1.807) is 0 Å². The van der Waals surface area contributed by atoms with Gasteiger partial charge in [-0.1, -0.05) is 149 Å². The minimum atomic E-state index is -0.451. The van der Waals surface area contributed by atoms with Crippen molar-refractivity contribution in [2.24, 2.45) is 10.8 Å². The molecule has 2 saturated carbocycles. The fraction of sp³-hybridized carbons (Fsp3) is 0.262. The van der Waals surface area contributed by atoms with Gasteiger partial charge in [-0.25, -0.2) is 0 Å². The molecular formula is C65H58N2. The van der Waals surface area contributed by atoms with Crippen molar-refractivity contribution in [2.75, 3.05) is 9.80 Å². The Morgan fingerprint density at radius 1 is 0.358 bits per heavy atom. The maximum Gasteiger partial charge on any atom is 0.0725 e. The Balaban J connectivity index is 0.936. The summed E-state index contributed by atoms with van der Waals surface area (Å²) in [6, 6.07) is 70.4. The minimum Gasteiger partial charge on any atom is -0.334 e. The van der Waals surface area contributed by atoms with Gasteiger partial charge in [0.15, 0.2) is 0 Å². The van der Waals surface area contributed by atoms with Crippen molar-refractivity contribution in [1.29, 1.82) is 0 Å². The van der Waals surface area contributed by atoms with Crippen molar-refractivity contribution in [1.82, 2.24) is 0 Å². The average Bonchev–Trinajstić information content (AvgIpc) is 4.11. The molecule has 14 rings (SSSR count). The minimum absolute atomic E-state index is 0.0125. The van der Waals surface area contributed by atoms with Crippen LogP contribution in [0.2, 0.25) is 0 Å². The second-order valence-electron chi connectivity index (χ2n) is 22.5. The number of nitrogens with zero attached hydrogens (tertiary/aromatic N) is 2. The topological polar surface area (TPSA) is 6.48 Å². The van der Waals surface area contributed by atoms with Crippen LogP contribution in [-0.2, 0) is 5.41 Å². The average molecular weight is 867 g/mol. The zero-order chi connectivity index (χ0) is 45.2. The van der Waals surface area contributed by atoms with Gasteiger partial charge >= 0.3 is 0 Å². The van der Waals surface area contributed by atoms with Crippen LogP contribution in [0.4, 0.5) is 22.7 Å². The van der Waals surface area contributed by atoms with E-state index >= 15 is 0 Å². The molecule has 0 saturated heterocycles. The summed E-state index contributed by atoms with van der Waals surface area (Å²) in [5, 5.41) is 0. The smallest absolute Gasteiger partial charge is 0.0725 e. The van der Waals surface area contributed by atoms with Crippen LogP contribution in [0.1, 0.15) is 112 Å². The third kappa shape index (κ3) is 4.82. The Kier molecular flexibility index (Phi) is 7.84. The third-order valence-corrected chi connectivity index (χ3v) is 19.2. The molecule has 1 spiro atoms. The fourth-order valence-electron chi connectivity index (χ4n) is 15.3. The molecule has 0 amide bonds. The number of benzene rings is 8. The summed E-state index contributed by atoms with van der Waals surface area (Å²) in [7, 11) is 0. The van der Waals surface area contributed by atoms with E-state index in [1.165, 1.54) is 126 Å². The van der Waals surface area contributed by atoms with Crippen molar-refractivity contribution in [3.8, 4) is 44.5 Å². The zero-order valence-electron chi connectivity index (χ0n) is 39.7. The van der Waals surface area contributed by atoms with Crippen LogP contribution in [0.5, 0.6) is 0 Å². The molecule has 4 aliphatic carbocycles. The van der Waals surface area contributed by atoms with E-state index in [4.69, 9.17) is 0 Å². The lowest BCUT2D eigenvalue weighted by Gasteiger charge is -2.47. The first-order valence-corrected chi connectivity index (χ1v) is 24.9. The summed E-state index contributed by atoms with van der Waals surface area (Å²) in [5.41, 5.74) is 24.3. The molecule has 4 atom stereocenters. The number of anilines is 4. The predicted molar refractivity (Wildman–Crippen MR) is 279 cm³/mol. The van der Waals surface area contributed by atoms with Gasteiger partial charge < -0.3 is 9.80 Å². The normalized spacial score (nSPS) is 24.4. The van der Waals surface area contributed by atoms with Crippen molar-refractivity contribution < 1.29 is 0 Å². The zero-order valence-corrected chi connectivity index (χ0v) is 39.7. The van der Waals surface area contributed by atoms with Crippen LogP contribution >= 0.6 is 0 Å². The lowest BCUT2D eigenvalue weighted by atomic mass is 9.70. The summed E-state index contributed by atoms with van der Waals surface area (Å²) in [6.45, 7) is 15.0. The summed E-state index contributed by atoms with van der Waals surface area (Å²) < 4.78 is 0. The first kappa shape index (κ1) is 39.5. The van der Waals surface area contributed by atoms with E-state index < -0.39 is 5.41 Å². The third-order valence-electron chi connectivity index (χ3n) is 19.2. The first-order valence-electron chi connectivity index (χ1n) is 24.9. The van der Waals surface area contributed by atoms with Gasteiger partial charge in [0.05, 0.1) is 16.5 Å². The number of rotatable bonds is 4. The Hall–Kier alpha value is -6.64.